The third kappa shape index (κ3) is 4.78. The second-order valence-electron chi connectivity index (χ2n) is 5.83. The van der Waals surface area contributed by atoms with E-state index in [4.69, 9.17) is 16.3 Å². The zero-order valence-corrected chi connectivity index (χ0v) is 15.7. The van der Waals surface area contributed by atoms with E-state index in [-0.39, 0.29) is 5.91 Å². The Labute approximate surface area is 164 Å². The molecule has 0 saturated carbocycles. The zero-order chi connectivity index (χ0) is 19.1. The van der Waals surface area contributed by atoms with Gasteiger partial charge in [0.2, 0.25) is 0 Å². The van der Waals surface area contributed by atoms with E-state index in [1.54, 1.807) is 12.1 Å². The lowest BCUT2D eigenvalue weighted by Crippen LogP contribution is -2.14. The molecule has 0 fully saturated rings. The van der Waals surface area contributed by atoms with Gasteiger partial charge in [0.05, 0.1) is 12.3 Å². The lowest BCUT2D eigenvalue weighted by molar-refractivity contribution is -0.111. The van der Waals surface area contributed by atoms with Crippen molar-refractivity contribution in [2.45, 2.75) is 6.92 Å². The van der Waals surface area contributed by atoms with Crippen LogP contribution in [0.1, 0.15) is 18.1 Å². The van der Waals surface area contributed by atoms with E-state index in [0.29, 0.717) is 28.6 Å². The molecule has 0 aliphatic heterocycles. The molecule has 0 aliphatic carbocycles. The van der Waals surface area contributed by atoms with Gasteiger partial charge in [-0.05, 0) is 42.3 Å². The first kappa shape index (κ1) is 18.7. The van der Waals surface area contributed by atoms with Gasteiger partial charge in [-0.25, -0.2) is 0 Å². The number of anilines is 1. The number of amides is 1. The predicted octanol–water partition coefficient (Wildman–Crippen LogP) is 5.92. The lowest BCUT2D eigenvalue weighted by Gasteiger charge is -2.13. The SMILES string of the molecule is CCOc1ccccc1NC(=O)C(=Cc1ccccc1Cl)c1ccccc1. The Morgan fingerprint density at radius 3 is 2.37 bits per heavy atom. The van der Waals surface area contributed by atoms with Crippen LogP contribution in [0.3, 0.4) is 0 Å². The van der Waals surface area contributed by atoms with Gasteiger partial charge in [-0.2, -0.15) is 0 Å². The highest BCUT2D eigenvalue weighted by atomic mass is 35.5. The third-order valence-electron chi connectivity index (χ3n) is 3.97. The van der Waals surface area contributed by atoms with Crippen LogP contribution in [0.4, 0.5) is 5.69 Å². The van der Waals surface area contributed by atoms with Crippen LogP contribution in [0.5, 0.6) is 5.75 Å². The Kier molecular flexibility index (Phi) is 6.29. The average Bonchev–Trinajstić information content (AvgIpc) is 2.69. The van der Waals surface area contributed by atoms with Crippen LogP contribution in [0, 0.1) is 0 Å². The minimum atomic E-state index is -0.228. The molecule has 1 N–H and O–H groups in total. The molecule has 3 nitrogen and oxygen atoms in total. The summed E-state index contributed by atoms with van der Waals surface area (Å²) in [5.41, 5.74) is 2.75. The summed E-state index contributed by atoms with van der Waals surface area (Å²) >= 11 is 6.29. The van der Waals surface area contributed by atoms with Gasteiger partial charge >= 0.3 is 0 Å². The maximum absolute atomic E-state index is 13.1. The lowest BCUT2D eigenvalue weighted by atomic mass is 10.0. The van der Waals surface area contributed by atoms with Crippen molar-refractivity contribution in [2.24, 2.45) is 0 Å². The molecule has 0 bridgehead atoms. The second-order valence-corrected chi connectivity index (χ2v) is 6.24. The molecule has 3 aromatic carbocycles. The summed E-state index contributed by atoms with van der Waals surface area (Å²) in [6, 6.07) is 24.3. The van der Waals surface area contributed by atoms with Crippen LogP contribution in [0.2, 0.25) is 5.02 Å². The molecule has 0 spiro atoms. The van der Waals surface area contributed by atoms with E-state index in [2.05, 4.69) is 5.32 Å². The summed E-state index contributed by atoms with van der Waals surface area (Å²) < 4.78 is 5.61. The van der Waals surface area contributed by atoms with E-state index in [1.807, 2.05) is 79.7 Å². The van der Waals surface area contributed by atoms with Gasteiger partial charge in [0.1, 0.15) is 5.75 Å². The first-order chi connectivity index (χ1) is 13.2. The van der Waals surface area contributed by atoms with Crippen LogP contribution >= 0.6 is 11.6 Å². The summed E-state index contributed by atoms with van der Waals surface area (Å²) in [7, 11) is 0. The van der Waals surface area contributed by atoms with Gasteiger partial charge in [0, 0.05) is 10.6 Å². The van der Waals surface area contributed by atoms with Gasteiger partial charge in [-0.1, -0.05) is 72.3 Å². The van der Waals surface area contributed by atoms with Crippen LogP contribution in [-0.4, -0.2) is 12.5 Å². The van der Waals surface area contributed by atoms with Crippen LogP contribution in [0.25, 0.3) is 11.6 Å². The fourth-order valence-electron chi connectivity index (χ4n) is 2.69. The van der Waals surface area contributed by atoms with E-state index in [0.717, 1.165) is 11.1 Å². The van der Waals surface area contributed by atoms with Gasteiger partial charge in [0.25, 0.3) is 5.91 Å². The second kappa shape index (κ2) is 9.06. The molecule has 27 heavy (non-hydrogen) atoms. The number of para-hydroxylation sites is 2. The van der Waals surface area contributed by atoms with Crippen molar-refractivity contribution in [1.29, 1.82) is 0 Å². The zero-order valence-electron chi connectivity index (χ0n) is 15.0. The summed E-state index contributed by atoms with van der Waals surface area (Å²) in [5.74, 6) is 0.409. The molecule has 0 atom stereocenters. The van der Waals surface area contributed by atoms with E-state index in [1.165, 1.54) is 0 Å². The topological polar surface area (TPSA) is 38.3 Å². The van der Waals surface area contributed by atoms with Gasteiger partial charge in [-0.15, -0.1) is 0 Å². The monoisotopic (exact) mass is 377 g/mol. The number of rotatable bonds is 6. The van der Waals surface area contributed by atoms with Crippen LogP contribution in [-0.2, 0) is 4.79 Å². The van der Waals surface area contributed by atoms with Gasteiger partial charge in [0.15, 0.2) is 0 Å². The molecular weight excluding hydrogens is 358 g/mol. The molecule has 1 amide bonds. The number of nitrogens with one attached hydrogen (secondary N) is 1. The summed E-state index contributed by atoms with van der Waals surface area (Å²) in [6.45, 7) is 2.43. The average molecular weight is 378 g/mol. The summed E-state index contributed by atoms with van der Waals surface area (Å²) in [4.78, 5) is 13.1. The molecular formula is C23H20ClNO2. The highest BCUT2D eigenvalue weighted by molar-refractivity contribution is 6.34. The number of benzene rings is 3. The van der Waals surface area contributed by atoms with Crippen molar-refractivity contribution in [3.63, 3.8) is 0 Å². The maximum atomic E-state index is 13.1. The number of hydrogen-bond acceptors (Lipinski definition) is 2. The quantitative estimate of drug-likeness (QED) is 0.428. The molecule has 3 aromatic rings. The molecule has 0 aromatic heterocycles. The molecule has 3 rings (SSSR count). The Balaban J connectivity index is 1.99. The van der Waals surface area contributed by atoms with E-state index in [9.17, 15) is 4.79 Å². The van der Waals surface area contributed by atoms with Crippen LogP contribution in [0.15, 0.2) is 78.9 Å². The van der Waals surface area contributed by atoms with Crippen LogP contribution < -0.4 is 10.1 Å². The van der Waals surface area contributed by atoms with Crippen molar-refractivity contribution in [1.82, 2.24) is 0 Å². The first-order valence-corrected chi connectivity index (χ1v) is 9.11. The highest BCUT2D eigenvalue weighted by Crippen LogP contribution is 2.28. The number of hydrogen-bond donors (Lipinski definition) is 1. The number of carbonyl (C=O) groups is 1. The Morgan fingerprint density at radius 1 is 0.963 bits per heavy atom. The smallest absolute Gasteiger partial charge is 0.256 e. The van der Waals surface area contributed by atoms with Crippen molar-refractivity contribution in [3.8, 4) is 5.75 Å². The van der Waals surface area contributed by atoms with Crippen molar-refractivity contribution >= 4 is 34.8 Å². The minimum absolute atomic E-state index is 0.228. The molecule has 0 aliphatic rings. The Morgan fingerprint density at radius 2 is 1.63 bits per heavy atom. The molecule has 136 valence electrons. The number of halogens is 1. The summed E-state index contributed by atoms with van der Waals surface area (Å²) in [6.07, 6.45) is 1.80. The maximum Gasteiger partial charge on any atom is 0.256 e. The van der Waals surface area contributed by atoms with Crippen molar-refractivity contribution < 1.29 is 9.53 Å². The predicted molar refractivity (Wildman–Crippen MR) is 112 cm³/mol. The standard InChI is InChI=1S/C23H20ClNO2/c1-2-27-22-15-9-8-14-21(22)25-23(26)19(17-10-4-3-5-11-17)16-18-12-6-7-13-20(18)24/h3-16H,2H2,1H3,(H,25,26). The molecule has 0 radical (unpaired) electrons. The highest BCUT2D eigenvalue weighted by Gasteiger charge is 2.15. The van der Waals surface area contributed by atoms with Crippen molar-refractivity contribution in [3.05, 3.63) is 95.0 Å². The molecule has 4 heteroatoms. The molecule has 0 saturated heterocycles. The molecule has 0 unspecified atom stereocenters. The summed E-state index contributed by atoms with van der Waals surface area (Å²) in [5, 5.41) is 3.55. The Hall–Kier alpha value is -3.04. The molecule has 0 heterocycles. The van der Waals surface area contributed by atoms with Crippen molar-refractivity contribution in [2.75, 3.05) is 11.9 Å². The fraction of sp³-hybridized carbons (Fsp3) is 0.0870. The van der Waals surface area contributed by atoms with E-state index >= 15 is 0 Å². The van der Waals surface area contributed by atoms with Gasteiger partial charge in [-0.3, -0.25) is 4.79 Å². The normalized spacial score (nSPS) is 11.1. The van der Waals surface area contributed by atoms with E-state index < -0.39 is 0 Å². The fourth-order valence-corrected chi connectivity index (χ4v) is 2.88. The first-order valence-electron chi connectivity index (χ1n) is 8.74. The number of ether oxygens (including phenoxy) is 1. The van der Waals surface area contributed by atoms with Gasteiger partial charge < -0.3 is 10.1 Å². The Bertz CT molecular complexity index is 951. The number of carbonyl (C=O) groups excluding carboxylic acids is 1. The third-order valence-corrected chi connectivity index (χ3v) is 4.31. The largest absolute Gasteiger partial charge is 0.492 e. The minimum Gasteiger partial charge on any atom is -0.492 e.